The zero-order valence-electron chi connectivity index (χ0n) is 29.9. The molecule has 270 valence electrons. The summed E-state index contributed by atoms with van der Waals surface area (Å²) >= 11 is 0. The molecule has 0 spiro atoms. The lowest BCUT2D eigenvalue weighted by Gasteiger charge is -2.36. The maximum Gasteiger partial charge on any atom is 0.405 e. The van der Waals surface area contributed by atoms with Gasteiger partial charge in [0.15, 0.2) is 5.78 Å². The van der Waals surface area contributed by atoms with E-state index >= 15 is 8.78 Å². The van der Waals surface area contributed by atoms with E-state index < -0.39 is 47.2 Å². The number of carbonyl (C=O) groups is 2. The monoisotopic (exact) mass is 720 g/mol. The van der Waals surface area contributed by atoms with E-state index in [4.69, 9.17) is 13.8 Å². The topological polar surface area (TPSA) is 78.9 Å². The summed E-state index contributed by atoms with van der Waals surface area (Å²) in [5.74, 6) is -1.50. The van der Waals surface area contributed by atoms with Crippen LogP contribution in [0.2, 0.25) is 0 Å². The van der Waals surface area contributed by atoms with E-state index in [1.165, 1.54) is 85.1 Å². The Morgan fingerprint density at radius 2 is 1.31 bits per heavy atom. The number of ether oxygens (including phenoxy) is 1. The summed E-state index contributed by atoms with van der Waals surface area (Å²) in [4.78, 5) is 27.4. The minimum absolute atomic E-state index is 0.00649. The summed E-state index contributed by atoms with van der Waals surface area (Å²) in [5.41, 5.74) is -6.18. The fraction of sp³-hybridized carbons (Fsp3) is 0.317. The fourth-order valence-electron chi connectivity index (χ4n) is 5.68. The van der Waals surface area contributed by atoms with Gasteiger partial charge in [-0.15, -0.1) is 0 Å². The second-order valence-corrected chi connectivity index (χ2v) is 16.2. The van der Waals surface area contributed by atoms with Crippen molar-refractivity contribution in [2.24, 2.45) is 0 Å². The van der Waals surface area contributed by atoms with Gasteiger partial charge in [-0.1, -0.05) is 78.9 Å². The molecule has 0 amide bonds. The van der Waals surface area contributed by atoms with Crippen molar-refractivity contribution in [2.45, 2.75) is 76.7 Å². The molecule has 0 fully saturated rings. The van der Waals surface area contributed by atoms with Gasteiger partial charge < -0.3 is 4.74 Å². The molecule has 6 nitrogen and oxygen atoms in total. The molecule has 0 saturated heterocycles. The van der Waals surface area contributed by atoms with Crippen LogP contribution in [0.25, 0.3) is 6.08 Å². The van der Waals surface area contributed by atoms with Gasteiger partial charge in [-0.3, -0.25) is 18.4 Å². The number of esters is 1. The minimum atomic E-state index is -5.08. The van der Waals surface area contributed by atoms with E-state index in [1.54, 1.807) is 24.3 Å². The average Bonchev–Trinajstić information content (AvgIpc) is 3.06. The Balaban J connectivity index is 1.87. The third-order valence-electron chi connectivity index (χ3n) is 7.89. The number of Topliss-reactive ketones (excluding diaryl/α,β-unsaturated/α-hetero) is 1. The predicted molar refractivity (Wildman–Crippen MR) is 194 cm³/mol. The Morgan fingerprint density at radius 1 is 0.725 bits per heavy atom. The number of ketones is 1. The number of hydrogen-bond acceptors (Lipinski definition) is 6. The van der Waals surface area contributed by atoms with E-state index in [0.29, 0.717) is 11.1 Å². The number of hydrogen-bond donors (Lipinski definition) is 0. The number of alkyl halides is 2. The molecule has 4 aromatic carbocycles. The van der Waals surface area contributed by atoms with Gasteiger partial charge in [0.25, 0.3) is 0 Å². The van der Waals surface area contributed by atoms with Crippen molar-refractivity contribution in [3.63, 3.8) is 0 Å². The number of carbonyl (C=O) groups excluding carboxylic acids is 2. The Labute approximate surface area is 298 Å². The van der Waals surface area contributed by atoms with Crippen LogP contribution in [-0.4, -0.2) is 30.1 Å². The molecule has 0 N–H and O–H groups in total. The molecule has 0 heterocycles. The third-order valence-corrected chi connectivity index (χ3v) is 10.4. The molecular weight excluding hydrogens is 676 g/mol. The standard InChI is InChI=1S/C41H44F3O6P/c1-38(2,3)49-51(47,50-39(4,5)6)41(43,44)33-22-18-30(19-23-33)28-40(26-12-15-29-13-9-8-10-14-29,36(45)31-20-24-35(42)25-21-31)34-17-11-16-32(27-34)37(46)48-7/h8-25,27H,26,28H2,1-7H3/b15-12+. The van der Waals surface area contributed by atoms with Gasteiger partial charge in [0.1, 0.15) is 5.82 Å². The zero-order chi connectivity index (χ0) is 37.7. The van der Waals surface area contributed by atoms with Crippen LogP contribution in [0.4, 0.5) is 13.2 Å². The average molecular weight is 721 g/mol. The molecule has 0 radical (unpaired) electrons. The molecule has 1 unspecified atom stereocenters. The second-order valence-electron chi connectivity index (χ2n) is 14.3. The van der Waals surface area contributed by atoms with Crippen LogP contribution < -0.4 is 0 Å². The Kier molecular flexibility index (Phi) is 12.0. The Hall–Kier alpha value is -4.30. The molecule has 0 saturated carbocycles. The van der Waals surface area contributed by atoms with E-state index in [-0.39, 0.29) is 29.8 Å². The van der Waals surface area contributed by atoms with Crippen LogP contribution in [0, 0.1) is 5.82 Å². The summed E-state index contributed by atoms with van der Waals surface area (Å²) in [6, 6.07) is 26.3. The van der Waals surface area contributed by atoms with Crippen LogP contribution in [0.5, 0.6) is 0 Å². The van der Waals surface area contributed by atoms with Crippen molar-refractivity contribution in [1.82, 2.24) is 0 Å². The second kappa shape index (κ2) is 15.5. The van der Waals surface area contributed by atoms with Crippen LogP contribution >= 0.6 is 7.60 Å². The fourth-order valence-corrected chi connectivity index (χ4v) is 7.85. The van der Waals surface area contributed by atoms with Crippen molar-refractivity contribution in [3.8, 4) is 0 Å². The molecule has 4 rings (SSSR count). The molecule has 51 heavy (non-hydrogen) atoms. The highest BCUT2D eigenvalue weighted by atomic mass is 31.2. The summed E-state index contributed by atoms with van der Waals surface area (Å²) in [7, 11) is -3.83. The van der Waals surface area contributed by atoms with E-state index in [2.05, 4.69) is 0 Å². The number of rotatable bonds is 13. The molecule has 10 heteroatoms. The molecule has 0 aromatic heterocycles. The molecule has 0 aliphatic heterocycles. The predicted octanol–water partition coefficient (Wildman–Crippen LogP) is 11.0. The molecule has 0 aliphatic carbocycles. The lowest BCUT2D eigenvalue weighted by Crippen LogP contribution is -2.38. The number of halogens is 3. The maximum absolute atomic E-state index is 16.2. The van der Waals surface area contributed by atoms with Crippen molar-refractivity contribution >= 4 is 25.4 Å². The van der Waals surface area contributed by atoms with Gasteiger partial charge in [0, 0.05) is 11.1 Å². The number of allylic oxidation sites excluding steroid dienone is 1. The van der Waals surface area contributed by atoms with Gasteiger partial charge >= 0.3 is 19.2 Å². The summed E-state index contributed by atoms with van der Waals surface area (Å²) in [6.07, 6.45) is 3.82. The molecular formula is C41H44F3O6P. The lowest BCUT2D eigenvalue weighted by atomic mass is 9.68. The molecule has 1 atom stereocenters. The Morgan fingerprint density at radius 3 is 1.86 bits per heavy atom. The lowest BCUT2D eigenvalue weighted by molar-refractivity contribution is -0.0213. The number of methoxy groups -OCH3 is 1. The molecule has 0 bridgehead atoms. The highest BCUT2D eigenvalue weighted by Crippen LogP contribution is 2.69. The van der Waals surface area contributed by atoms with Crippen LogP contribution in [0.3, 0.4) is 0 Å². The SMILES string of the molecule is COC(=O)c1cccc(C(C/C=C/c2ccccc2)(Cc2ccc(C(F)(F)P(=O)(OC(C)(C)C)OC(C)(C)C)cc2)C(=O)c2ccc(F)cc2)c1. The van der Waals surface area contributed by atoms with Crippen molar-refractivity contribution in [2.75, 3.05) is 7.11 Å². The minimum Gasteiger partial charge on any atom is -0.465 e. The molecule has 4 aromatic rings. The van der Waals surface area contributed by atoms with Crippen molar-refractivity contribution in [3.05, 3.63) is 148 Å². The normalized spacial score (nSPS) is 13.9. The third kappa shape index (κ3) is 9.73. The first-order valence-corrected chi connectivity index (χ1v) is 18.0. The zero-order valence-corrected chi connectivity index (χ0v) is 30.8. The summed E-state index contributed by atoms with van der Waals surface area (Å²) < 4.78 is 76.2. The Bertz CT molecular complexity index is 1870. The van der Waals surface area contributed by atoms with Crippen LogP contribution in [0.15, 0.2) is 109 Å². The van der Waals surface area contributed by atoms with Crippen molar-refractivity contribution in [1.29, 1.82) is 0 Å². The van der Waals surface area contributed by atoms with E-state index in [1.807, 2.05) is 42.5 Å². The van der Waals surface area contributed by atoms with E-state index in [0.717, 1.165) is 17.7 Å². The summed E-state index contributed by atoms with van der Waals surface area (Å²) in [5, 5.41) is 0. The largest absolute Gasteiger partial charge is 0.465 e. The van der Waals surface area contributed by atoms with Crippen LogP contribution in [0.1, 0.15) is 90.9 Å². The quantitative estimate of drug-likeness (QED) is 0.0777. The van der Waals surface area contributed by atoms with Gasteiger partial charge in [0.05, 0.1) is 29.3 Å². The number of benzene rings is 4. The highest BCUT2D eigenvalue weighted by Gasteiger charge is 2.58. The van der Waals surface area contributed by atoms with Gasteiger partial charge in [0.2, 0.25) is 0 Å². The van der Waals surface area contributed by atoms with Crippen molar-refractivity contribution < 1.29 is 41.1 Å². The highest BCUT2D eigenvalue weighted by molar-refractivity contribution is 7.54. The first-order valence-electron chi connectivity index (χ1n) is 16.5. The summed E-state index contributed by atoms with van der Waals surface area (Å²) in [6.45, 7) is 9.11. The van der Waals surface area contributed by atoms with Gasteiger partial charge in [-0.25, -0.2) is 9.18 Å². The van der Waals surface area contributed by atoms with Gasteiger partial charge in [-0.05, 0) is 107 Å². The smallest absolute Gasteiger partial charge is 0.405 e. The maximum atomic E-state index is 16.2. The van der Waals surface area contributed by atoms with E-state index in [9.17, 15) is 18.5 Å². The van der Waals surface area contributed by atoms with Crippen LogP contribution in [-0.2, 0) is 35.8 Å². The molecule has 0 aliphatic rings. The first-order chi connectivity index (χ1) is 23.8. The first kappa shape index (κ1) is 39.5. The van der Waals surface area contributed by atoms with Gasteiger partial charge in [-0.2, -0.15) is 8.78 Å².